The molecule has 2 aromatic carbocycles. The van der Waals surface area contributed by atoms with Crippen molar-refractivity contribution in [2.45, 2.75) is 44.2 Å². The molecule has 1 N–H and O–H groups in total. The Bertz CT molecular complexity index is 1180. The topological polar surface area (TPSA) is 79.6 Å². The Morgan fingerprint density at radius 1 is 1.06 bits per heavy atom. The zero-order valence-corrected chi connectivity index (χ0v) is 18.5. The highest BCUT2D eigenvalue weighted by Crippen LogP contribution is 2.36. The van der Waals surface area contributed by atoms with E-state index in [0.29, 0.717) is 18.7 Å². The second-order valence-electron chi connectivity index (χ2n) is 7.89. The number of sulfonamides is 1. The van der Waals surface area contributed by atoms with Gasteiger partial charge in [0.15, 0.2) is 0 Å². The standard InChI is InChI=1S/C24H26N2O4S/c1-17-7-11-21(12-8-17)31(28,29)26-14-13-19-5-3-4-6-22(19)23(26)15-24(27)25-16-20-10-9-18(2)30-20/h3-12,23H,13-16H2,1-2H3,(H,25,27). The molecule has 2 heterocycles. The average Bonchev–Trinajstić information content (AvgIpc) is 3.18. The number of amides is 1. The minimum atomic E-state index is -3.75. The van der Waals surface area contributed by atoms with E-state index in [1.54, 1.807) is 24.3 Å². The predicted octanol–water partition coefficient (Wildman–Crippen LogP) is 3.89. The van der Waals surface area contributed by atoms with Crippen molar-refractivity contribution in [3.8, 4) is 0 Å². The van der Waals surface area contributed by atoms with Crippen LogP contribution in [-0.2, 0) is 27.8 Å². The Kier molecular flexibility index (Phi) is 5.98. The Labute approximate surface area is 182 Å². The zero-order valence-electron chi connectivity index (χ0n) is 17.7. The van der Waals surface area contributed by atoms with Crippen molar-refractivity contribution in [3.05, 3.63) is 88.9 Å². The largest absolute Gasteiger partial charge is 0.465 e. The van der Waals surface area contributed by atoms with Gasteiger partial charge in [0.25, 0.3) is 0 Å². The van der Waals surface area contributed by atoms with Crippen LogP contribution >= 0.6 is 0 Å². The van der Waals surface area contributed by atoms with E-state index < -0.39 is 16.1 Å². The lowest BCUT2D eigenvalue weighted by atomic mass is 9.92. The number of furan rings is 1. The van der Waals surface area contributed by atoms with Gasteiger partial charge < -0.3 is 9.73 Å². The number of aryl methyl sites for hydroxylation is 2. The smallest absolute Gasteiger partial charge is 0.243 e. The molecular weight excluding hydrogens is 412 g/mol. The van der Waals surface area contributed by atoms with Crippen LogP contribution in [-0.4, -0.2) is 25.2 Å². The van der Waals surface area contributed by atoms with Crippen LogP contribution in [0, 0.1) is 13.8 Å². The molecular formula is C24H26N2O4S. The molecule has 1 unspecified atom stereocenters. The zero-order chi connectivity index (χ0) is 22.0. The molecule has 0 bridgehead atoms. The van der Waals surface area contributed by atoms with Gasteiger partial charge in [-0.15, -0.1) is 0 Å². The van der Waals surface area contributed by atoms with Gasteiger partial charge in [-0.1, -0.05) is 42.0 Å². The summed E-state index contributed by atoms with van der Waals surface area (Å²) in [5, 5.41) is 2.86. The van der Waals surface area contributed by atoms with E-state index in [0.717, 1.165) is 22.5 Å². The van der Waals surface area contributed by atoms with Crippen molar-refractivity contribution in [1.29, 1.82) is 0 Å². The minimum absolute atomic E-state index is 0.0434. The minimum Gasteiger partial charge on any atom is -0.465 e. The maximum absolute atomic E-state index is 13.5. The molecule has 1 amide bonds. The lowest BCUT2D eigenvalue weighted by Gasteiger charge is -2.36. The average molecular weight is 439 g/mol. The summed E-state index contributed by atoms with van der Waals surface area (Å²) in [6.45, 7) is 4.37. The maximum Gasteiger partial charge on any atom is 0.243 e. The number of hydrogen-bond donors (Lipinski definition) is 1. The first-order valence-corrected chi connectivity index (χ1v) is 11.8. The predicted molar refractivity (Wildman–Crippen MR) is 118 cm³/mol. The van der Waals surface area contributed by atoms with Crippen molar-refractivity contribution in [2.24, 2.45) is 0 Å². The molecule has 7 heteroatoms. The first-order valence-electron chi connectivity index (χ1n) is 10.3. The van der Waals surface area contributed by atoms with Gasteiger partial charge in [0.2, 0.25) is 15.9 Å². The molecule has 1 aliphatic heterocycles. The van der Waals surface area contributed by atoms with Crippen LogP contribution in [0.25, 0.3) is 0 Å². The van der Waals surface area contributed by atoms with Crippen molar-refractivity contribution in [3.63, 3.8) is 0 Å². The number of fused-ring (bicyclic) bond motifs is 1. The van der Waals surface area contributed by atoms with Gasteiger partial charge in [-0.25, -0.2) is 8.42 Å². The van der Waals surface area contributed by atoms with E-state index in [-0.39, 0.29) is 23.8 Å². The lowest BCUT2D eigenvalue weighted by Crippen LogP contribution is -2.42. The molecule has 0 radical (unpaired) electrons. The molecule has 162 valence electrons. The number of carbonyl (C=O) groups excluding carboxylic acids is 1. The van der Waals surface area contributed by atoms with E-state index in [1.165, 1.54) is 4.31 Å². The molecule has 0 saturated carbocycles. The third kappa shape index (κ3) is 4.57. The molecule has 0 fully saturated rings. The van der Waals surface area contributed by atoms with Crippen molar-refractivity contribution < 1.29 is 17.6 Å². The first-order chi connectivity index (χ1) is 14.8. The highest BCUT2D eigenvalue weighted by Gasteiger charge is 2.37. The van der Waals surface area contributed by atoms with Crippen LogP contribution in [0.4, 0.5) is 0 Å². The van der Waals surface area contributed by atoms with Gasteiger partial charge in [0.05, 0.1) is 17.5 Å². The Morgan fingerprint density at radius 3 is 2.52 bits per heavy atom. The van der Waals surface area contributed by atoms with Crippen LogP contribution in [0.5, 0.6) is 0 Å². The monoisotopic (exact) mass is 438 g/mol. The fraction of sp³-hybridized carbons (Fsp3) is 0.292. The van der Waals surface area contributed by atoms with Crippen LogP contribution in [0.1, 0.15) is 40.7 Å². The highest BCUT2D eigenvalue weighted by atomic mass is 32.2. The van der Waals surface area contributed by atoms with E-state index in [9.17, 15) is 13.2 Å². The fourth-order valence-corrected chi connectivity index (χ4v) is 5.59. The second kappa shape index (κ2) is 8.69. The van der Waals surface area contributed by atoms with Crippen LogP contribution in [0.2, 0.25) is 0 Å². The van der Waals surface area contributed by atoms with E-state index >= 15 is 0 Å². The van der Waals surface area contributed by atoms with Crippen molar-refractivity contribution in [1.82, 2.24) is 9.62 Å². The molecule has 0 aliphatic carbocycles. The number of rotatable bonds is 6. The highest BCUT2D eigenvalue weighted by molar-refractivity contribution is 7.89. The fourth-order valence-electron chi connectivity index (χ4n) is 3.99. The molecule has 31 heavy (non-hydrogen) atoms. The lowest BCUT2D eigenvalue weighted by molar-refractivity contribution is -0.122. The number of carbonyl (C=O) groups is 1. The van der Waals surface area contributed by atoms with Gasteiger partial charge in [-0.05, 0) is 55.7 Å². The van der Waals surface area contributed by atoms with E-state index in [1.807, 2.05) is 50.2 Å². The number of nitrogens with one attached hydrogen (secondary N) is 1. The molecule has 1 atom stereocenters. The van der Waals surface area contributed by atoms with Gasteiger partial charge in [0.1, 0.15) is 11.5 Å². The SMILES string of the molecule is Cc1ccc(S(=O)(=O)N2CCc3ccccc3C2CC(=O)NCc2ccc(C)o2)cc1. The van der Waals surface area contributed by atoms with Gasteiger partial charge in [-0.3, -0.25) is 4.79 Å². The van der Waals surface area contributed by atoms with Gasteiger partial charge in [0, 0.05) is 13.0 Å². The summed E-state index contributed by atoms with van der Waals surface area (Å²) >= 11 is 0. The molecule has 3 aromatic rings. The third-order valence-electron chi connectivity index (χ3n) is 5.63. The molecule has 0 saturated heterocycles. The molecule has 1 aliphatic rings. The van der Waals surface area contributed by atoms with Gasteiger partial charge in [-0.2, -0.15) is 4.31 Å². The van der Waals surface area contributed by atoms with Crippen LogP contribution in [0.3, 0.4) is 0 Å². The summed E-state index contributed by atoms with van der Waals surface area (Å²) in [5.74, 6) is 1.22. The second-order valence-corrected chi connectivity index (χ2v) is 9.78. The molecule has 0 spiro atoms. The summed E-state index contributed by atoms with van der Waals surface area (Å²) in [5.41, 5.74) is 2.96. The Hall–Kier alpha value is -2.90. The Morgan fingerprint density at radius 2 is 1.81 bits per heavy atom. The van der Waals surface area contributed by atoms with Crippen molar-refractivity contribution in [2.75, 3.05) is 6.54 Å². The van der Waals surface area contributed by atoms with E-state index in [4.69, 9.17) is 4.42 Å². The van der Waals surface area contributed by atoms with Crippen molar-refractivity contribution >= 4 is 15.9 Å². The summed E-state index contributed by atoms with van der Waals surface area (Å²) in [7, 11) is -3.75. The quantitative estimate of drug-likeness (QED) is 0.633. The normalized spacial score (nSPS) is 16.6. The number of benzene rings is 2. The van der Waals surface area contributed by atoms with Crippen LogP contribution in [0.15, 0.2) is 70.0 Å². The summed E-state index contributed by atoms with van der Waals surface area (Å²) in [6, 6.07) is 17.7. The molecule has 4 rings (SSSR count). The number of nitrogens with zero attached hydrogens (tertiary/aromatic N) is 1. The third-order valence-corrected chi connectivity index (χ3v) is 7.55. The summed E-state index contributed by atoms with van der Waals surface area (Å²) in [6.07, 6.45) is 0.660. The molecule has 6 nitrogen and oxygen atoms in total. The summed E-state index contributed by atoms with van der Waals surface area (Å²) < 4.78 is 33.9. The first kappa shape index (κ1) is 21.3. The maximum atomic E-state index is 13.5. The Balaban J connectivity index is 1.60. The van der Waals surface area contributed by atoms with Crippen LogP contribution < -0.4 is 5.32 Å². The summed E-state index contributed by atoms with van der Waals surface area (Å²) in [4.78, 5) is 13.0. The van der Waals surface area contributed by atoms with Gasteiger partial charge >= 0.3 is 0 Å². The number of hydrogen-bond acceptors (Lipinski definition) is 4. The van der Waals surface area contributed by atoms with E-state index in [2.05, 4.69) is 5.32 Å². The molecule has 1 aromatic heterocycles.